The van der Waals surface area contributed by atoms with Crippen molar-refractivity contribution >= 4 is 21.9 Å². The first-order valence-corrected chi connectivity index (χ1v) is 8.10. The quantitative estimate of drug-likeness (QED) is 0.893. The molecule has 3 rings (SSSR count). The largest absolute Gasteiger partial charge is 0.340 e. The van der Waals surface area contributed by atoms with Crippen LogP contribution in [0.1, 0.15) is 18.4 Å². The van der Waals surface area contributed by atoms with Crippen LogP contribution in [-0.2, 0) is 0 Å². The Bertz CT molecular complexity index is 616. The van der Waals surface area contributed by atoms with Gasteiger partial charge in [0.25, 0.3) is 0 Å². The maximum absolute atomic E-state index is 5.74. The second kappa shape index (κ2) is 6.15. The molecule has 1 fully saturated rings. The van der Waals surface area contributed by atoms with E-state index in [1.54, 1.807) is 0 Å². The summed E-state index contributed by atoms with van der Waals surface area (Å²) >= 11 is 3.48. The molecule has 0 unspecified atom stereocenters. The molecule has 112 valence electrons. The zero-order valence-electron chi connectivity index (χ0n) is 12.1. The maximum atomic E-state index is 5.74. The topological polar surface area (TPSA) is 70.8 Å². The zero-order chi connectivity index (χ0) is 14.8. The lowest BCUT2D eigenvalue weighted by atomic mass is 9.97. The molecule has 1 aliphatic heterocycles. The summed E-state index contributed by atoms with van der Waals surface area (Å²) in [5.74, 6) is 2.27. The average molecular weight is 350 g/mol. The third-order valence-electron chi connectivity index (χ3n) is 4.15. The van der Waals surface area contributed by atoms with Gasteiger partial charge in [-0.1, -0.05) is 15.9 Å². The number of hydrogen-bond acceptors (Lipinski definition) is 4. The number of halogens is 1. The van der Waals surface area contributed by atoms with E-state index >= 15 is 0 Å². The molecule has 21 heavy (non-hydrogen) atoms. The predicted molar refractivity (Wildman–Crippen MR) is 88.2 cm³/mol. The standard InChI is InChI=1S/C15H20BrN5/c1-10-8-12(16)2-3-13(10)14-18-15(20-19-14)21-6-4-11(9-17)5-7-21/h2-3,8,11H,4-7,9,17H2,1H3,(H,18,19,20). The molecule has 0 bridgehead atoms. The van der Waals surface area contributed by atoms with Crippen LogP contribution in [0.4, 0.5) is 5.95 Å². The van der Waals surface area contributed by atoms with Gasteiger partial charge in [0, 0.05) is 23.1 Å². The van der Waals surface area contributed by atoms with E-state index in [2.05, 4.69) is 55.1 Å². The minimum Gasteiger partial charge on any atom is -0.340 e. The van der Waals surface area contributed by atoms with Gasteiger partial charge in [-0.2, -0.15) is 4.98 Å². The fourth-order valence-corrected chi connectivity index (χ4v) is 3.25. The SMILES string of the molecule is Cc1cc(Br)ccc1-c1nc(N2CCC(CN)CC2)n[nH]1. The van der Waals surface area contributed by atoms with Crippen LogP contribution in [0.15, 0.2) is 22.7 Å². The van der Waals surface area contributed by atoms with Crippen molar-refractivity contribution in [1.29, 1.82) is 0 Å². The normalized spacial score (nSPS) is 16.4. The van der Waals surface area contributed by atoms with E-state index in [0.717, 1.165) is 54.3 Å². The van der Waals surface area contributed by atoms with Crippen LogP contribution >= 0.6 is 15.9 Å². The molecule has 2 heterocycles. The first kappa shape index (κ1) is 14.5. The van der Waals surface area contributed by atoms with E-state index in [-0.39, 0.29) is 0 Å². The first-order chi connectivity index (χ1) is 10.2. The predicted octanol–water partition coefficient (Wildman–Crippen LogP) is 2.72. The Balaban J connectivity index is 1.77. The van der Waals surface area contributed by atoms with Gasteiger partial charge in [-0.3, -0.25) is 5.10 Å². The van der Waals surface area contributed by atoms with E-state index in [1.165, 1.54) is 5.56 Å². The molecule has 0 atom stereocenters. The van der Waals surface area contributed by atoms with Gasteiger partial charge in [0.1, 0.15) is 0 Å². The highest BCUT2D eigenvalue weighted by molar-refractivity contribution is 9.10. The van der Waals surface area contributed by atoms with E-state index in [0.29, 0.717) is 5.92 Å². The maximum Gasteiger partial charge on any atom is 0.245 e. The molecule has 0 radical (unpaired) electrons. The van der Waals surface area contributed by atoms with Gasteiger partial charge in [-0.25, -0.2) is 0 Å². The number of aromatic amines is 1. The Hall–Kier alpha value is -1.40. The van der Waals surface area contributed by atoms with Crippen molar-refractivity contribution in [2.45, 2.75) is 19.8 Å². The number of H-pyrrole nitrogens is 1. The minimum atomic E-state index is 0.647. The number of nitrogens with two attached hydrogens (primary N) is 1. The lowest BCUT2D eigenvalue weighted by molar-refractivity contribution is 0.411. The van der Waals surface area contributed by atoms with Gasteiger partial charge < -0.3 is 10.6 Å². The fraction of sp³-hybridized carbons (Fsp3) is 0.467. The summed E-state index contributed by atoms with van der Waals surface area (Å²) < 4.78 is 1.08. The summed E-state index contributed by atoms with van der Waals surface area (Å²) in [5.41, 5.74) is 8.00. The van der Waals surface area contributed by atoms with Gasteiger partial charge in [0.05, 0.1) is 0 Å². The molecule has 5 nitrogen and oxygen atoms in total. The Morgan fingerprint density at radius 3 is 2.81 bits per heavy atom. The number of hydrogen-bond donors (Lipinski definition) is 2. The Kier molecular flexibility index (Phi) is 4.26. The summed E-state index contributed by atoms with van der Waals surface area (Å²) in [5, 5.41) is 7.44. The summed E-state index contributed by atoms with van der Waals surface area (Å²) in [6.45, 7) is 4.83. The molecule has 3 N–H and O–H groups in total. The van der Waals surface area contributed by atoms with Crippen LogP contribution in [0.2, 0.25) is 0 Å². The molecule has 0 spiro atoms. The molecule has 6 heteroatoms. The third-order valence-corrected chi connectivity index (χ3v) is 4.64. The zero-order valence-corrected chi connectivity index (χ0v) is 13.7. The average Bonchev–Trinajstić information content (AvgIpc) is 2.97. The lowest BCUT2D eigenvalue weighted by Crippen LogP contribution is -2.36. The van der Waals surface area contributed by atoms with Gasteiger partial charge in [0.15, 0.2) is 5.82 Å². The van der Waals surface area contributed by atoms with Gasteiger partial charge in [-0.15, -0.1) is 5.10 Å². The smallest absolute Gasteiger partial charge is 0.245 e. The highest BCUT2D eigenvalue weighted by atomic mass is 79.9. The van der Waals surface area contributed by atoms with Gasteiger partial charge in [0.2, 0.25) is 5.95 Å². The monoisotopic (exact) mass is 349 g/mol. The number of benzene rings is 1. The van der Waals surface area contributed by atoms with Crippen LogP contribution < -0.4 is 10.6 Å². The van der Waals surface area contributed by atoms with Crippen LogP contribution in [0.3, 0.4) is 0 Å². The molecular weight excluding hydrogens is 330 g/mol. The number of nitrogens with one attached hydrogen (secondary N) is 1. The van der Waals surface area contributed by atoms with Crippen molar-refractivity contribution in [2.75, 3.05) is 24.5 Å². The second-order valence-electron chi connectivity index (χ2n) is 5.61. The first-order valence-electron chi connectivity index (χ1n) is 7.31. The van der Waals surface area contributed by atoms with Gasteiger partial charge in [-0.05, 0) is 56.0 Å². The molecule has 1 saturated heterocycles. The third kappa shape index (κ3) is 3.11. The van der Waals surface area contributed by atoms with Crippen molar-refractivity contribution in [3.8, 4) is 11.4 Å². The molecule has 0 saturated carbocycles. The number of anilines is 1. The Labute approximate surface area is 133 Å². The van der Waals surface area contributed by atoms with E-state index < -0.39 is 0 Å². The van der Waals surface area contributed by atoms with Crippen molar-refractivity contribution in [3.05, 3.63) is 28.2 Å². The van der Waals surface area contributed by atoms with Gasteiger partial charge >= 0.3 is 0 Å². The van der Waals surface area contributed by atoms with Crippen LogP contribution in [0.5, 0.6) is 0 Å². The number of piperidine rings is 1. The molecule has 1 aromatic heterocycles. The number of aromatic nitrogens is 3. The van der Waals surface area contributed by atoms with E-state index in [1.807, 2.05) is 6.07 Å². The molecule has 0 aliphatic carbocycles. The van der Waals surface area contributed by atoms with E-state index in [9.17, 15) is 0 Å². The van der Waals surface area contributed by atoms with Crippen LogP contribution in [0.25, 0.3) is 11.4 Å². The Morgan fingerprint density at radius 1 is 1.38 bits per heavy atom. The Morgan fingerprint density at radius 2 is 2.14 bits per heavy atom. The van der Waals surface area contributed by atoms with Crippen LogP contribution in [0, 0.1) is 12.8 Å². The van der Waals surface area contributed by atoms with Crippen LogP contribution in [-0.4, -0.2) is 34.8 Å². The summed E-state index contributed by atoms with van der Waals surface area (Å²) in [4.78, 5) is 6.89. The molecule has 1 aliphatic rings. The number of rotatable bonds is 3. The summed E-state index contributed by atoms with van der Waals surface area (Å²) in [6, 6.07) is 6.17. The number of nitrogens with zero attached hydrogens (tertiary/aromatic N) is 3. The van der Waals surface area contributed by atoms with Crippen molar-refractivity contribution in [3.63, 3.8) is 0 Å². The summed E-state index contributed by atoms with van der Waals surface area (Å²) in [6.07, 6.45) is 2.25. The lowest BCUT2D eigenvalue weighted by Gasteiger charge is -2.30. The molecule has 1 aromatic carbocycles. The highest BCUT2D eigenvalue weighted by Gasteiger charge is 2.21. The molecule has 0 amide bonds. The second-order valence-corrected chi connectivity index (χ2v) is 6.53. The minimum absolute atomic E-state index is 0.647. The van der Waals surface area contributed by atoms with Crippen molar-refractivity contribution < 1.29 is 0 Å². The fourth-order valence-electron chi connectivity index (χ4n) is 2.78. The summed E-state index contributed by atoms with van der Waals surface area (Å²) in [7, 11) is 0. The molecule has 2 aromatic rings. The number of aryl methyl sites for hydroxylation is 1. The van der Waals surface area contributed by atoms with E-state index in [4.69, 9.17) is 5.73 Å². The molecular formula is C15H20BrN5. The highest BCUT2D eigenvalue weighted by Crippen LogP contribution is 2.26. The van der Waals surface area contributed by atoms with Crippen molar-refractivity contribution in [2.24, 2.45) is 11.7 Å². The van der Waals surface area contributed by atoms with Crippen molar-refractivity contribution in [1.82, 2.24) is 15.2 Å².